The SMILES string of the molecule is C=CCOC(=O)N1CC(=O)NC(CN2CCN(C)CC2)C1. The van der Waals surface area contributed by atoms with Gasteiger partial charge in [-0.1, -0.05) is 12.7 Å². The molecule has 21 heavy (non-hydrogen) atoms. The maximum absolute atomic E-state index is 11.8. The maximum Gasteiger partial charge on any atom is 0.410 e. The predicted octanol–water partition coefficient (Wildman–Crippen LogP) is -0.643. The molecule has 7 heteroatoms. The van der Waals surface area contributed by atoms with Crippen molar-refractivity contribution in [1.82, 2.24) is 20.0 Å². The Balaban J connectivity index is 1.84. The monoisotopic (exact) mass is 296 g/mol. The minimum atomic E-state index is -0.451. The zero-order chi connectivity index (χ0) is 15.2. The molecule has 0 aromatic carbocycles. The van der Waals surface area contributed by atoms with E-state index in [0.717, 1.165) is 32.7 Å². The smallest absolute Gasteiger partial charge is 0.410 e. The predicted molar refractivity (Wildman–Crippen MR) is 79.0 cm³/mol. The van der Waals surface area contributed by atoms with Gasteiger partial charge in [0, 0.05) is 39.3 Å². The van der Waals surface area contributed by atoms with E-state index in [2.05, 4.69) is 28.7 Å². The van der Waals surface area contributed by atoms with E-state index in [-0.39, 0.29) is 25.1 Å². The Morgan fingerprint density at radius 1 is 1.43 bits per heavy atom. The molecule has 7 nitrogen and oxygen atoms in total. The van der Waals surface area contributed by atoms with Crippen molar-refractivity contribution in [3.63, 3.8) is 0 Å². The molecule has 0 bridgehead atoms. The third-order valence-electron chi connectivity index (χ3n) is 3.80. The number of carbonyl (C=O) groups excluding carboxylic acids is 2. The molecule has 2 saturated heterocycles. The summed E-state index contributed by atoms with van der Waals surface area (Å²) in [5, 5.41) is 2.95. The number of hydrogen-bond acceptors (Lipinski definition) is 5. The quantitative estimate of drug-likeness (QED) is 0.699. The first-order valence-corrected chi connectivity index (χ1v) is 7.31. The molecule has 1 N–H and O–H groups in total. The summed E-state index contributed by atoms with van der Waals surface area (Å²) in [5.41, 5.74) is 0. The van der Waals surface area contributed by atoms with Gasteiger partial charge in [-0.3, -0.25) is 14.6 Å². The van der Waals surface area contributed by atoms with Crippen molar-refractivity contribution < 1.29 is 14.3 Å². The van der Waals surface area contributed by atoms with Crippen LogP contribution in [0.25, 0.3) is 0 Å². The van der Waals surface area contributed by atoms with Gasteiger partial charge in [0.2, 0.25) is 5.91 Å². The number of amides is 2. The van der Waals surface area contributed by atoms with Crippen molar-refractivity contribution in [3.05, 3.63) is 12.7 Å². The Kier molecular flexibility index (Phi) is 5.58. The van der Waals surface area contributed by atoms with Gasteiger partial charge in [-0.2, -0.15) is 0 Å². The summed E-state index contributed by atoms with van der Waals surface area (Å²) in [6.45, 7) is 9.05. The summed E-state index contributed by atoms with van der Waals surface area (Å²) in [6.07, 6.45) is 1.07. The standard InChI is InChI=1S/C14H24N4O3/c1-3-8-21-14(20)18-10-12(15-13(19)11-18)9-17-6-4-16(2)5-7-17/h3,12H,1,4-11H2,2H3,(H,15,19). The topological polar surface area (TPSA) is 65.1 Å². The van der Waals surface area contributed by atoms with Crippen LogP contribution in [0.1, 0.15) is 0 Å². The number of hydrogen-bond donors (Lipinski definition) is 1. The van der Waals surface area contributed by atoms with Gasteiger partial charge >= 0.3 is 6.09 Å². The highest BCUT2D eigenvalue weighted by Gasteiger charge is 2.30. The van der Waals surface area contributed by atoms with Crippen LogP contribution in [0.15, 0.2) is 12.7 Å². The molecule has 1 unspecified atom stereocenters. The van der Waals surface area contributed by atoms with E-state index in [0.29, 0.717) is 6.54 Å². The Hall–Kier alpha value is -1.60. The molecule has 2 amide bonds. The van der Waals surface area contributed by atoms with E-state index in [4.69, 9.17) is 4.74 Å². The fourth-order valence-corrected chi connectivity index (χ4v) is 2.63. The number of nitrogens with one attached hydrogen (secondary N) is 1. The van der Waals surface area contributed by atoms with E-state index in [1.807, 2.05) is 0 Å². The second-order valence-corrected chi connectivity index (χ2v) is 5.61. The van der Waals surface area contributed by atoms with Crippen LogP contribution in [-0.4, -0.2) is 92.2 Å². The van der Waals surface area contributed by atoms with Gasteiger partial charge in [0.05, 0.1) is 6.04 Å². The van der Waals surface area contributed by atoms with Crippen molar-refractivity contribution in [3.8, 4) is 0 Å². The lowest BCUT2D eigenvalue weighted by atomic mass is 10.2. The van der Waals surface area contributed by atoms with E-state index < -0.39 is 6.09 Å². The molecule has 118 valence electrons. The van der Waals surface area contributed by atoms with Gasteiger partial charge < -0.3 is 15.0 Å². The second-order valence-electron chi connectivity index (χ2n) is 5.61. The Morgan fingerprint density at radius 3 is 2.81 bits per heavy atom. The number of likely N-dealkylation sites (N-methyl/N-ethyl adjacent to an activating group) is 1. The summed E-state index contributed by atoms with van der Waals surface area (Å²) in [7, 11) is 2.11. The number of nitrogens with zero attached hydrogens (tertiary/aromatic N) is 3. The molecule has 2 aliphatic rings. The van der Waals surface area contributed by atoms with Crippen molar-refractivity contribution >= 4 is 12.0 Å². The molecule has 0 spiro atoms. The van der Waals surface area contributed by atoms with E-state index >= 15 is 0 Å². The summed E-state index contributed by atoms with van der Waals surface area (Å²) in [5.74, 6) is -0.129. The zero-order valence-electron chi connectivity index (χ0n) is 12.6. The number of ether oxygens (including phenoxy) is 1. The largest absolute Gasteiger partial charge is 0.445 e. The van der Waals surface area contributed by atoms with Crippen LogP contribution in [0.3, 0.4) is 0 Å². The molecule has 0 aromatic rings. The number of rotatable bonds is 4. The zero-order valence-corrected chi connectivity index (χ0v) is 12.6. The molecule has 0 radical (unpaired) electrons. The van der Waals surface area contributed by atoms with Crippen LogP contribution in [0, 0.1) is 0 Å². The van der Waals surface area contributed by atoms with Crippen molar-refractivity contribution in [1.29, 1.82) is 0 Å². The van der Waals surface area contributed by atoms with E-state index in [9.17, 15) is 9.59 Å². The molecule has 0 aromatic heterocycles. The summed E-state index contributed by atoms with van der Waals surface area (Å²) in [6, 6.07) is -0.0362. The highest BCUT2D eigenvalue weighted by Crippen LogP contribution is 2.07. The molecule has 2 heterocycles. The summed E-state index contributed by atoms with van der Waals surface area (Å²) >= 11 is 0. The lowest BCUT2D eigenvalue weighted by Gasteiger charge is -2.38. The Bertz CT molecular complexity index is 394. The minimum absolute atomic E-state index is 0.0362. The normalized spacial score (nSPS) is 24.5. The van der Waals surface area contributed by atoms with Crippen LogP contribution in [-0.2, 0) is 9.53 Å². The van der Waals surface area contributed by atoms with Crippen molar-refractivity contribution in [2.24, 2.45) is 0 Å². The molecule has 2 fully saturated rings. The number of carbonyl (C=O) groups is 2. The van der Waals surface area contributed by atoms with E-state index in [1.54, 1.807) is 0 Å². The molecule has 0 saturated carbocycles. The van der Waals surface area contributed by atoms with Gasteiger partial charge in [-0.25, -0.2) is 4.79 Å². The molecule has 0 aliphatic carbocycles. The fourth-order valence-electron chi connectivity index (χ4n) is 2.63. The Morgan fingerprint density at radius 2 is 2.14 bits per heavy atom. The average molecular weight is 296 g/mol. The van der Waals surface area contributed by atoms with Crippen molar-refractivity contribution in [2.75, 3.05) is 59.5 Å². The van der Waals surface area contributed by atoms with Gasteiger partial charge in [0.15, 0.2) is 0 Å². The highest BCUT2D eigenvalue weighted by molar-refractivity contribution is 5.83. The first-order chi connectivity index (χ1) is 10.1. The van der Waals surface area contributed by atoms with Gasteiger partial charge in [-0.05, 0) is 7.05 Å². The lowest BCUT2D eigenvalue weighted by molar-refractivity contribution is -0.125. The minimum Gasteiger partial charge on any atom is -0.445 e. The third kappa shape index (κ3) is 4.71. The van der Waals surface area contributed by atoms with Crippen LogP contribution < -0.4 is 5.32 Å². The van der Waals surface area contributed by atoms with Gasteiger partial charge in [-0.15, -0.1) is 0 Å². The Labute approximate surface area is 125 Å². The van der Waals surface area contributed by atoms with Gasteiger partial charge in [0.25, 0.3) is 0 Å². The second kappa shape index (κ2) is 7.42. The third-order valence-corrected chi connectivity index (χ3v) is 3.80. The summed E-state index contributed by atoms with van der Waals surface area (Å²) < 4.78 is 5.00. The first kappa shape index (κ1) is 15.8. The van der Waals surface area contributed by atoms with Crippen LogP contribution in [0.5, 0.6) is 0 Å². The molecule has 1 atom stereocenters. The molecular weight excluding hydrogens is 272 g/mol. The fraction of sp³-hybridized carbons (Fsp3) is 0.714. The van der Waals surface area contributed by atoms with Crippen LogP contribution in [0.4, 0.5) is 4.79 Å². The number of piperazine rings is 2. The molecule has 2 rings (SSSR count). The van der Waals surface area contributed by atoms with Crippen LogP contribution >= 0.6 is 0 Å². The van der Waals surface area contributed by atoms with E-state index in [1.165, 1.54) is 11.0 Å². The van der Waals surface area contributed by atoms with Gasteiger partial charge in [0.1, 0.15) is 13.2 Å². The van der Waals surface area contributed by atoms with Crippen LogP contribution in [0.2, 0.25) is 0 Å². The maximum atomic E-state index is 11.8. The molecule has 2 aliphatic heterocycles. The molecular formula is C14H24N4O3. The first-order valence-electron chi connectivity index (χ1n) is 7.31. The average Bonchev–Trinajstić information content (AvgIpc) is 2.46. The summed E-state index contributed by atoms with van der Waals surface area (Å²) in [4.78, 5) is 29.7. The lowest BCUT2D eigenvalue weighted by Crippen LogP contribution is -2.60. The van der Waals surface area contributed by atoms with Crippen molar-refractivity contribution in [2.45, 2.75) is 6.04 Å². The highest BCUT2D eigenvalue weighted by atomic mass is 16.6.